The molecule has 1 saturated heterocycles. The van der Waals surface area contributed by atoms with Gasteiger partial charge >= 0.3 is 0 Å². The van der Waals surface area contributed by atoms with Crippen molar-refractivity contribution in [3.05, 3.63) is 71.8 Å². The van der Waals surface area contributed by atoms with Crippen molar-refractivity contribution in [1.82, 2.24) is 10.4 Å². The molecule has 0 aliphatic carbocycles. The molecule has 3 heteroatoms. The third kappa shape index (κ3) is 3.55. The van der Waals surface area contributed by atoms with Crippen LogP contribution in [-0.4, -0.2) is 24.8 Å². The van der Waals surface area contributed by atoms with Crippen LogP contribution in [0.15, 0.2) is 60.7 Å². The Hall–Kier alpha value is -1.68. The second kappa shape index (κ2) is 7.54. The molecule has 2 aromatic rings. The molecular formula is C19H24N2O. The Morgan fingerprint density at radius 3 is 2.41 bits per heavy atom. The molecule has 3 rings (SSSR count). The smallest absolute Gasteiger partial charge is 0.0575 e. The van der Waals surface area contributed by atoms with Crippen LogP contribution in [0, 0.1) is 0 Å². The molecule has 1 aliphatic heterocycles. The van der Waals surface area contributed by atoms with Gasteiger partial charge in [-0.1, -0.05) is 60.7 Å². The van der Waals surface area contributed by atoms with E-state index in [9.17, 15) is 0 Å². The first-order chi connectivity index (χ1) is 10.9. The maximum atomic E-state index is 5.74. The fourth-order valence-electron chi connectivity index (χ4n) is 3.26. The Morgan fingerprint density at radius 1 is 1.05 bits per heavy atom. The summed E-state index contributed by atoms with van der Waals surface area (Å²) in [6, 6.07) is 21.9. The first-order valence-electron chi connectivity index (χ1n) is 8.01. The molecule has 116 valence electrons. The zero-order valence-corrected chi connectivity index (χ0v) is 13.1. The monoisotopic (exact) mass is 296 g/mol. The second-order valence-corrected chi connectivity index (χ2v) is 5.80. The lowest BCUT2D eigenvalue weighted by Gasteiger charge is -2.39. The highest BCUT2D eigenvalue weighted by Gasteiger charge is 2.31. The lowest BCUT2D eigenvalue weighted by Crippen LogP contribution is -2.47. The normalized spacial score (nSPS) is 21.9. The average molecular weight is 296 g/mol. The highest BCUT2D eigenvalue weighted by Crippen LogP contribution is 2.28. The average Bonchev–Trinajstić information content (AvgIpc) is 2.61. The van der Waals surface area contributed by atoms with E-state index in [1.807, 2.05) is 0 Å². The Bertz CT molecular complexity index is 558. The molecule has 0 spiro atoms. The first-order valence-corrected chi connectivity index (χ1v) is 8.01. The Balaban J connectivity index is 1.79. The van der Waals surface area contributed by atoms with Crippen molar-refractivity contribution >= 4 is 0 Å². The summed E-state index contributed by atoms with van der Waals surface area (Å²) >= 11 is 0. The summed E-state index contributed by atoms with van der Waals surface area (Å²) in [7, 11) is 1.78. The zero-order chi connectivity index (χ0) is 15.2. The number of hydrogen-bond donors (Lipinski definition) is 1. The van der Waals surface area contributed by atoms with Crippen molar-refractivity contribution in [1.29, 1.82) is 0 Å². The van der Waals surface area contributed by atoms with Gasteiger partial charge in [0.05, 0.1) is 19.2 Å². The Labute approximate surface area is 132 Å². The molecule has 1 heterocycles. The van der Waals surface area contributed by atoms with E-state index in [0.29, 0.717) is 12.1 Å². The van der Waals surface area contributed by atoms with Crippen molar-refractivity contribution in [2.24, 2.45) is 0 Å². The molecule has 0 unspecified atom stereocenters. The van der Waals surface area contributed by atoms with Crippen LogP contribution in [0.1, 0.15) is 30.0 Å². The minimum absolute atomic E-state index is 0.318. The molecule has 2 aromatic carbocycles. The van der Waals surface area contributed by atoms with Crippen LogP contribution in [0.25, 0.3) is 0 Å². The van der Waals surface area contributed by atoms with Gasteiger partial charge in [-0.15, -0.1) is 0 Å². The van der Waals surface area contributed by atoms with Crippen LogP contribution in [0.4, 0.5) is 0 Å². The van der Waals surface area contributed by atoms with Gasteiger partial charge in [-0.25, -0.2) is 0 Å². The lowest BCUT2D eigenvalue weighted by molar-refractivity contribution is -0.182. The van der Waals surface area contributed by atoms with E-state index in [4.69, 9.17) is 4.84 Å². The van der Waals surface area contributed by atoms with Gasteiger partial charge in [0.1, 0.15) is 0 Å². The summed E-state index contributed by atoms with van der Waals surface area (Å²) in [4.78, 5) is 5.74. The highest BCUT2D eigenvalue weighted by atomic mass is 16.7. The van der Waals surface area contributed by atoms with Crippen LogP contribution < -0.4 is 5.32 Å². The van der Waals surface area contributed by atoms with Crippen molar-refractivity contribution in [3.8, 4) is 0 Å². The van der Waals surface area contributed by atoms with E-state index in [1.54, 1.807) is 7.11 Å². The summed E-state index contributed by atoms with van der Waals surface area (Å²) in [6.07, 6.45) is 2.33. The molecule has 2 atom stereocenters. The second-order valence-electron chi connectivity index (χ2n) is 5.80. The zero-order valence-electron chi connectivity index (χ0n) is 13.1. The molecule has 0 saturated carbocycles. The summed E-state index contributed by atoms with van der Waals surface area (Å²) < 4.78 is 0. The minimum Gasteiger partial charge on any atom is -0.309 e. The lowest BCUT2D eigenvalue weighted by atomic mass is 9.92. The van der Waals surface area contributed by atoms with E-state index in [0.717, 1.165) is 19.5 Å². The van der Waals surface area contributed by atoms with Crippen molar-refractivity contribution in [2.45, 2.75) is 31.5 Å². The number of nitrogens with zero attached hydrogens (tertiary/aromatic N) is 1. The maximum absolute atomic E-state index is 5.74. The minimum atomic E-state index is 0.318. The molecular weight excluding hydrogens is 272 g/mol. The predicted molar refractivity (Wildman–Crippen MR) is 89.2 cm³/mol. The molecule has 0 aromatic heterocycles. The highest BCUT2D eigenvalue weighted by molar-refractivity contribution is 5.22. The molecule has 3 nitrogen and oxygen atoms in total. The maximum Gasteiger partial charge on any atom is 0.0575 e. The number of piperidine rings is 1. The molecule has 1 N–H and O–H groups in total. The van der Waals surface area contributed by atoms with E-state index in [1.165, 1.54) is 17.5 Å². The Kier molecular flexibility index (Phi) is 5.22. The predicted octanol–water partition coefficient (Wildman–Crippen LogP) is 3.54. The van der Waals surface area contributed by atoms with E-state index in [2.05, 4.69) is 71.0 Å². The number of hydrogen-bond acceptors (Lipinski definition) is 3. The molecule has 0 amide bonds. The molecule has 0 bridgehead atoms. The first kappa shape index (κ1) is 15.2. The third-order valence-electron chi connectivity index (χ3n) is 4.37. The van der Waals surface area contributed by atoms with Crippen molar-refractivity contribution in [2.75, 3.05) is 13.7 Å². The van der Waals surface area contributed by atoms with Gasteiger partial charge in [-0.2, -0.15) is 5.06 Å². The van der Waals surface area contributed by atoms with Crippen LogP contribution in [0.2, 0.25) is 0 Å². The summed E-state index contributed by atoms with van der Waals surface area (Å²) in [5.41, 5.74) is 2.61. The van der Waals surface area contributed by atoms with Gasteiger partial charge in [-0.3, -0.25) is 0 Å². The summed E-state index contributed by atoms with van der Waals surface area (Å²) in [6.45, 7) is 1.88. The number of hydroxylamine groups is 2. The van der Waals surface area contributed by atoms with Crippen molar-refractivity contribution < 1.29 is 4.84 Å². The van der Waals surface area contributed by atoms with Gasteiger partial charge in [-0.05, 0) is 30.5 Å². The van der Waals surface area contributed by atoms with E-state index in [-0.39, 0.29) is 0 Å². The topological polar surface area (TPSA) is 24.5 Å². The van der Waals surface area contributed by atoms with Crippen LogP contribution >= 0.6 is 0 Å². The van der Waals surface area contributed by atoms with Gasteiger partial charge in [0.25, 0.3) is 0 Å². The van der Waals surface area contributed by atoms with Gasteiger partial charge in [0, 0.05) is 6.54 Å². The molecule has 1 fully saturated rings. The largest absolute Gasteiger partial charge is 0.309 e. The van der Waals surface area contributed by atoms with Gasteiger partial charge in [0.15, 0.2) is 0 Å². The number of benzene rings is 2. The van der Waals surface area contributed by atoms with Crippen LogP contribution in [0.3, 0.4) is 0 Å². The quantitative estimate of drug-likeness (QED) is 0.854. The SMILES string of the molecule is CON(Cc1ccccc1)[C@H]1CCCN[C@H]1c1ccccc1. The molecule has 0 radical (unpaired) electrons. The van der Waals surface area contributed by atoms with Crippen LogP contribution in [-0.2, 0) is 11.4 Å². The fraction of sp³-hybridized carbons (Fsp3) is 0.368. The van der Waals surface area contributed by atoms with E-state index >= 15 is 0 Å². The van der Waals surface area contributed by atoms with Crippen LogP contribution in [0.5, 0.6) is 0 Å². The van der Waals surface area contributed by atoms with Gasteiger partial charge in [0.2, 0.25) is 0 Å². The van der Waals surface area contributed by atoms with E-state index < -0.39 is 0 Å². The third-order valence-corrected chi connectivity index (χ3v) is 4.37. The number of nitrogens with one attached hydrogen (secondary N) is 1. The summed E-state index contributed by atoms with van der Waals surface area (Å²) in [5.74, 6) is 0. The summed E-state index contributed by atoms with van der Waals surface area (Å²) in [5, 5.41) is 5.79. The Morgan fingerprint density at radius 2 is 1.73 bits per heavy atom. The standard InChI is InChI=1S/C19H24N2O/c1-22-21(15-16-9-4-2-5-10-16)18-13-8-14-20-19(18)17-11-6-3-7-12-17/h2-7,9-12,18-20H,8,13-15H2,1H3/t18-,19-/m0/s1. The van der Waals surface area contributed by atoms with Gasteiger partial charge < -0.3 is 10.2 Å². The molecule has 22 heavy (non-hydrogen) atoms. The van der Waals surface area contributed by atoms with Crippen molar-refractivity contribution in [3.63, 3.8) is 0 Å². The fourth-order valence-corrected chi connectivity index (χ4v) is 3.26. The molecule has 1 aliphatic rings. The number of rotatable bonds is 5.